The van der Waals surface area contributed by atoms with Gasteiger partial charge >= 0.3 is 0 Å². The fourth-order valence-electron chi connectivity index (χ4n) is 9.10. The van der Waals surface area contributed by atoms with E-state index >= 15 is 0 Å². The van der Waals surface area contributed by atoms with Crippen LogP contribution < -0.4 is 4.90 Å². The summed E-state index contributed by atoms with van der Waals surface area (Å²) < 4.78 is 15.8. The van der Waals surface area contributed by atoms with Gasteiger partial charge in [0, 0.05) is 55.1 Å². The minimum Gasteiger partial charge on any atom is -0.452 e. The van der Waals surface area contributed by atoms with Gasteiger partial charge in [0.25, 0.3) is 0 Å². The van der Waals surface area contributed by atoms with Crippen LogP contribution in [0.4, 0.5) is 17.1 Å². The van der Waals surface area contributed by atoms with Gasteiger partial charge in [0.1, 0.15) is 11.2 Å². The van der Waals surface area contributed by atoms with Gasteiger partial charge in [0.05, 0.1) is 11.0 Å². The molecule has 0 saturated heterocycles. The van der Waals surface area contributed by atoms with E-state index < -0.39 is 0 Å². The second-order valence-electron chi connectivity index (χ2n) is 15.4. The average Bonchev–Trinajstić information content (AvgIpc) is 3.97. The smallest absolute Gasteiger partial charge is 0.178 e. The van der Waals surface area contributed by atoms with Crippen molar-refractivity contribution in [3.05, 3.63) is 206 Å². The van der Waals surface area contributed by atoms with Crippen LogP contribution in [-0.2, 0) is 0 Å². The Bertz CT molecular complexity index is 3530. The molecule has 278 valence electrons. The van der Waals surface area contributed by atoms with Gasteiger partial charge in [-0.2, -0.15) is 0 Å². The van der Waals surface area contributed by atoms with Crippen molar-refractivity contribution >= 4 is 82.7 Å². The Morgan fingerprint density at radius 3 is 1.53 bits per heavy atom. The maximum Gasteiger partial charge on any atom is 0.178 e. The Morgan fingerprint density at radius 1 is 0.373 bits per heavy atom. The number of hydrogen-bond donors (Lipinski definition) is 0. The van der Waals surface area contributed by atoms with Crippen molar-refractivity contribution in [2.45, 2.75) is 6.92 Å². The molecule has 0 spiro atoms. The van der Waals surface area contributed by atoms with Crippen LogP contribution in [0.5, 0.6) is 0 Å². The number of furan rings is 2. The highest BCUT2D eigenvalue weighted by Gasteiger charge is 2.19. The molecule has 4 heteroatoms. The molecule has 3 heterocycles. The molecule has 0 radical (unpaired) electrons. The lowest BCUT2D eigenvalue weighted by Crippen LogP contribution is -2.11. The number of anilines is 3. The average molecular weight is 757 g/mol. The van der Waals surface area contributed by atoms with Gasteiger partial charge in [-0.15, -0.1) is 0 Å². The van der Waals surface area contributed by atoms with Crippen molar-refractivity contribution in [1.29, 1.82) is 0 Å². The van der Waals surface area contributed by atoms with Crippen LogP contribution in [0.15, 0.2) is 209 Å². The predicted molar refractivity (Wildman–Crippen MR) is 246 cm³/mol. The first kappa shape index (κ1) is 33.3. The number of fused-ring (bicyclic) bond motifs is 10. The Balaban J connectivity index is 0.929. The molecule has 12 rings (SSSR count). The zero-order chi connectivity index (χ0) is 39.0. The Labute approximate surface area is 340 Å². The molecular weight excluding hydrogens is 721 g/mol. The van der Waals surface area contributed by atoms with Gasteiger partial charge in [0.15, 0.2) is 11.2 Å². The number of hydrogen-bond acceptors (Lipinski definition) is 3. The van der Waals surface area contributed by atoms with Crippen LogP contribution in [0.3, 0.4) is 0 Å². The molecule has 0 unspecified atom stereocenters. The molecule has 0 atom stereocenters. The summed E-state index contributed by atoms with van der Waals surface area (Å²) in [5.41, 5.74) is 15.7. The lowest BCUT2D eigenvalue weighted by molar-refractivity contribution is 0.633. The van der Waals surface area contributed by atoms with Crippen LogP contribution in [0, 0.1) is 6.92 Å². The van der Waals surface area contributed by atoms with Crippen molar-refractivity contribution < 1.29 is 8.83 Å². The minimum atomic E-state index is 0.768. The summed E-state index contributed by atoms with van der Waals surface area (Å²) in [6, 6.07) is 71.3. The van der Waals surface area contributed by atoms with Crippen molar-refractivity contribution in [1.82, 2.24) is 4.57 Å². The van der Waals surface area contributed by atoms with Crippen LogP contribution in [0.1, 0.15) is 5.56 Å². The Morgan fingerprint density at radius 2 is 0.881 bits per heavy atom. The first-order valence-corrected chi connectivity index (χ1v) is 20.1. The Kier molecular flexibility index (Phi) is 7.41. The number of aromatic nitrogens is 1. The second kappa shape index (κ2) is 13.1. The summed E-state index contributed by atoms with van der Waals surface area (Å²) in [6.45, 7) is 2.16. The fourth-order valence-corrected chi connectivity index (χ4v) is 9.10. The highest BCUT2D eigenvalue weighted by Crippen LogP contribution is 2.42. The van der Waals surface area contributed by atoms with Crippen molar-refractivity contribution in [2.24, 2.45) is 0 Å². The molecule has 0 fully saturated rings. The third kappa shape index (κ3) is 5.30. The van der Waals surface area contributed by atoms with E-state index in [0.717, 1.165) is 88.9 Å². The van der Waals surface area contributed by atoms with E-state index in [1.807, 2.05) is 0 Å². The van der Waals surface area contributed by atoms with Crippen LogP contribution >= 0.6 is 0 Å². The van der Waals surface area contributed by atoms with E-state index in [1.54, 1.807) is 0 Å². The number of nitrogens with zero attached hydrogens (tertiary/aromatic N) is 2. The molecule has 0 amide bonds. The zero-order valence-corrected chi connectivity index (χ0v) is 32.3. The van der Waals surface area contributed by atoms with E-state index in [2.05, 4.69) is 217 Å². The molecule has 0 aliphatic carbocycles. The third-order valence-corrected chi connectivity index (χ3v) is 11.9. The quantitative estimate of drug-likeness (QED) is 0.169. The zero-order valence-electron chi connectivity index (χ0n) is 32.3. The monoisotopic (exact) mass is 756 g/mol. The molecule has 0 aliphatic heterocycles. The van der Waals surface area contributed by atoms with Crippen LogP contribution in [0.25, 0.3) is 93.6 Å². The van der Waals surface area contributed by atoms with Gasteiger partial charge in [-0.1, -0.05) is 109 Å². The number of rotatable bonds is 6. The van der Waals surface area contributed by atoms with Gasteiger partial charge in [-0.3, -0.25) is 0 Å². The molecule has 59 heavy (non-hydrogen) atoms. The van der Waals surface area contributed by atoms with Gasteiger partial charge in [-0.05, 0) is 126 Å². The number of benzene rings is 9. The van der Waals surface area contributed by atoms with Crippen molar-refractivity contribution in [3.63, 3.8) is 0 Å². The van der Waals surface area contributed by atoms with Crippen LogP contribution in [0.2, 0.25) is 0 Å². The van der Waals surface area contributed by atoms with Crippen molar-refractivity contribution in [3.8, 4) is 27.9 Å². The minimum absolute atomic E-state index is 0.768. The van der Waals surface area contributed by atoms with Crippen molar-refractivity contribution in [2.75, 3.05) is 4.90 Å². The van der Waals surface area contributed by atoms with E-state index in [1.165, 1.54) is 27.4 Å². The first-order valence-electron chi connectivity index (χ1n) is 20.1. The molecule has 9 aromatic carbocycles. The normalized spacial score (nSPS) is 11.8. The van der Waals surface area contributed by atoms with Gasteiger partial charge in [-0.25, -0.2) is 0 Å². The molecule has 0 N–H and O–H groups in total. The fraction of sp³-hybridized carbons (Fsp3) is 0.0182. The SMILES string of the molecule is Cc1ccccc1N(c1ccccc1)c1cccc(-c2ccc3c(c2)oc2c3ccc3c4ccc(-c5cccc(-n6c7ccccc7c7ccccc76)c5)cc4oc32)c1. The number of aryl methyl sites for hydroxylation is 1. The lowest BCUT2D eigenvalue weighted by atomic mass is 10.0. The molecule has 3 aromatic heterocycles. The predicted octanol–water partition coefficient (Wildman–Crippen LogP) is 15.7. The second-order valence-corrected chi connectivity index (χ2v) is 15.4. The summed E-state index contributed by atoms with van der Waals surface area (Å²) in [5.74, 6) is 0. The van der Waals surface area contributed by atoms with Gasteiger partial charge in [0.2, 0.25) is 0 Å². The van der Waals surface area contributed by atoms with E-state index in [4.69, 9.17) is 8.83 Å². The summed E-state index contributed by atoms with van der Waals surface area (Å²) in [7, 11) is 0. The van der Waals surface area contributed by atoms with E-state index in [0.29, 0.717) is 0 Å². The van der Waals surface area contributed by atoms with Crippen LogP contribution in [-0.4, -0.2) is 4.57 Å². The summed E-state index contributed by atoms with van der Waals surface area (Å²) in [5, 5.41) is 6.73. The maximum atomic E-state index is 6.72. The molecule has 12 aromatic rings. The summed E-state index contributed by atoms with van der Waals surface area (Å²) >= 11 is 0. The molecular formula is C55H36N2O2. The molecule has 0 bridgehead atoms. The third-order valence-electron chi connectivity index (χ3n) is 11.9. The summed E-state index contributed by atoms with van der Waals surface area (Å²) in [4.78, 5) is 2.32. The van der Waals surface area contributed by atoms with E-state index in [-0.39, 0.29) is 0 Å². The molecule has 4 nitrogen and oxygen atoms in total. The Hall–Kier alpha value is -7.82. The largest absolute Gasteiger partial charge is 0.452 e. The molecule has 0 aliphatic rings. The summed E-state index contributed by atoms with van der Waals surface area (Å²) in [6.07, 6.45) is 0. The number of para-hydroxylation sites is 4. The standard InChI is InChI=1S/C55H36N2O2/c1-35-13-5-8-22-49(35)56(40-16-3-2-4-17-40)41-18-11-14-36(31-41)38-25-27-45-47-29-30-48-46-28-26-39(34-53(46)59-55(48)54(47)58-52(45)33-38)37-15-12-19-42(32-37)57-50-23-9-6-20-43(50)44-21-7-10-24-51(44)57/h2-34H,1H3. The first-order chi connectivity index (χ1) is 29.2. The van der Waals surface area contributed by atoms with E-state index in [9.17, 15) is 0 Å². The molecule has 0 saturated carbocycles. The highest BCUT2D eigenvalue weighted by atomic mass is 16.4. The topological polar surface area (TPSA) is 34.5 Å². The highest BCUT2D eigenvalue weighted by molar-refractivity contribution is 6.19. The lowest BCUT2D eigenvalue weighted by Gasteiger charge is -2.27. The maximum absolute atomic E-state index is 6.72. The van der Waals surface area contributed by atoms with Gasteiger partial charge < -0.3 is 18.3 Å².